The molecular weight excluding hydrogens is 755 g/mol. The quantitative estimate of drug-likeness (QED) is 0.0941. The number of alkyl carbamates (subject to hydrolysis) is 2. The summed E-state index contributed by atoms with van der Waals surface area (Å²) in [7, 11) is 0. The van der Waals surface area contributed by atoms with Crippen molar-refractivity contribution in [2.45, 2.75) is 109 Å². The van der Waals surface area contributed by atoms with Crippen molar-refractivity contribution >= 4 is 30.1 Å². The third-order valence-corrected chi connectivity index (χ3v) is 9.40. The van der Waals surface area contributed by atoms with Gasteiger partial charge in [0.1, 0.15) is 42.0 Å². The third-order valence-electron chi connectivity index (χ3n) is 9.40. The summed E-state index contributed by atoms with van der Waals surface area (Å²) in [6.45, 7) is 9.59. The average molecular weight is 810 g/mol. The van der Waals surface area contributed by atoms with Gasteiger partial charge in [0, 0.05) is 25.7 Å². The Kier molecular flexibility index (Phi) is 15.8. The molecule has 0 saturated heterocycles. The molecule has 0 spiro atoms. The van der Waals surface area contributed by atoms with Crippen LogP contribution in [0.4, 0.5) is 9.59 Å². The fraction of sp³-hybridized carbons (Fsp3) is 0.370. The molecule has 5 N–H and O–H groups in total. The van der Waals surface area contributed by atoms with Gasteiger partial charge in [-0.25, -0.2) is 19.2 Å². The van der Waals surface area contributed by atoms with Gasteiger partial charge in [-0.05, 0) is 74.9 Å². The maximum absolute atomic E-state index is 12.5. The van der Waals surface area contributed by atoms with Crippen molar-refractivity contribution in [2.75, 3.05) is 0 Å². The number of aliphatic carboxylic acids is 1. The molecule has 0 heterocycles. The van der Waals surface area contributed by atoms with Gasteiger partial charge in [-0.3, -0.25) is 4.79 Å². The highest BCUT2D eigenvalue weighted by Gasteiger charge is 2.35. The van der Waals surface area contributed by atoms with Crippen molar-refractivity contribution in [1.29, 1.82) is 0 Å². The number of esters is 2. The van der Waals surface area contributed by atoms with Gasteiger partial charge in [0.15, 0.2) is 0 Å². The predicted molar refractivity (Wildman–Crippen MR) is 221 cm³/mol. The monoisotopic (exact) mass is 809 g/mol. The Morgan fingerprint density at radius 3 is 1.20 bits per heavy atom. The fourth-order valence-corrected chi connectivity index (χ4v) is 5.94. The van der Waals surface area contributed by atoms with Gasteiger partial charge in [-0.15, -0.1) is 0 Å². The Morgan fingerprint density at radius 1 is 0.542 bits per heavy atom. The number of carbonyl (C=O) groups is 5. The molecule has 2 aliphatic carbocycles. The van der Waals surface area contributed by atoms with E-state index in [1.807, 2.05) is 97.1 Å². The van der Waals surface area contributed by atoms with Crippen molar-refractivity contribution in [2.24, 2.45) is 5.73 Å². The van der Waals surface area contributed by atoms with Crippen LogP contribution in [0.1, 0.15) is 74.9 Å². The van der Waals surface area contributed by atoms with E-state index in [-0.39, 0.29) is 31.4 Å². The first kappa shape index (κ1) is 45.5. The third kappa shape index (κ3) is 14.6. The van der Waals surface area contributed by atoms with Crippen LogP contribution in [0.3, 0.4) is 0 Å². The summed E-state index contributed by atoms with van der Waals surface area (Å²) in [5.74, 6) is -1.91. The van der Waals surface area contributed by atoms with E-state index in [0.29, 0.717) is 12.8 Å². The molecule has 0 radical (unpaired) electrons. The number of carboxylic acid groups (broad SMARTS) is 1. The van der Waals surface area contributed by atoms with Gasteiger partial charge in [-0.2, -0.15) is 0 Å². The fourth-order valence-electron chi connectivity index (χ4n) is 5.94. The molecule has 2 amide bonds. The molecule has 4 aromatic carbocycles. The molecule has 13 heteroatoms. The second kappa shape index (κ2) is 20.5. The SMILES string of the molecule is CC(C)(N)C(=O)OC1Cc2ccccc2C1.CC(C)(NC(=O)OCc1ccccc1)C(=O)O.CC(C)(NC(=O)OCc1ccccc1)C(=O)OC1Cc2ccccc2C1. The minimum atomic E-state index is -1.34. The Morgan fingerprint density at radius 2 is 0.864 bits per heavy atom. The van der Waals surface area contributed by atoms with Gasteiger partial charge < -0.3 is 40.4 Å². The largest absolute Gasteiger partial charge is 0.480 e. The number of amides is 2. The van der Waals surface area contributed by atoms with Crippen molar-refractivity contribution in [3.8, 4) is 0 Å². The summed E-state index contributed by atoms with van der Waals surface area (Å²) in [5, 5.41) is 13.7. The standard InChI is InChI=1S/C21H23NO4.C13H17NO2.C12H15NO4/c1-21(2,22-20(24)25-14-15-8-4-3-5-9-15)19(23)26-18-12-16-10-6-7-11-17(16)13-18;1-13(2,14)12(15)16-11-7-9-5-3-4-6-10(9)8-11;1-12(2,10(14)15)13-11(16)17-8-9-6-4-3-5-7-9/h3-11,18H,12-14H2,1-2H3,(H,22,24);3-6,11H,7-8,14H2,1-2H3;3-7H,8H2,1-2H3,(H,13,16)(H,14,15). The van der Waals surface area contributed by atoms with Crippen LogP contribution in [0.15, 0.2) is 109 Å². The number of hydrogen-bond acceptors (Lipinski definition) is 10. The number of nitrogens with two attached hydrogens (primary N) is 1. The molecule has 2 aliphatic rings. The van der Waals surface area contributed by atoms with Crippen molar-refractivity contribution in [3.05, 3.63) is 143 Å². The van der Waals surface area contributed by atoms with Crippen LogP contribution < -0.4 is 16.4 Å². The second-order valence-electron chi connectivity index (χ2n) is 16.1. The Labute approximate surface area is 345 Å². The van der Waals surface area contributed by atoms with Gasteiger partial charge >= 0.3 is 30.1 Å². The van der Waals surface area contributed by atoms with Crippen LogP contribution in [0.5, 0.6) is 0 Å². The first-order chi connectivity index (χ1) is 27.8. The van der Waals surface area contributed by atoms with E-state index in [4.69, 9.17) is 29.8 Å². The van der Waals surface area contributed by atoms with Crippen molar-refractivity contribution in [3.63, 3.8) is 0 Å². The summed E-state index contributed by atoms with van der Waals surface area (Å²) < 4.78 is 21.1. The van der Waals surface area contributed by atoms with E-state index in [9.17, 15) is 24.0 Å². The first-order valence-corrected chi connectivity index (χ1v) is 19.4. The first-order valence-electron chi connectivity index (χ1n) is 19.4. The van der Waals surface area contributed by atoms with Crippen LogP contribution in [-0.2, 0) is 72.2 Å². The lowest BCUT2D eigenvalue weighted by atomic mass is 10.1. The summed E-state index contributed by atoms with van der Waals surface area (Å²) in [6.07, 6.45) is 1.38. The number of nitrogens with one attached hydrogen (secondary N) is 2. The Balaban J connectivity index is 0.000000204. The number of carbonyl (C=O) groups excluding carboxylic acids is 4. The van der Waals surface area contributed by atoms with Crippen LogP contribution in [0.2, 0.25) is 0 Å². The van der Waals surface area contributed by atoms with Crippen LogP contribution in [0, 0.1) is 0 Å². The predicted octanol–water partition coefficient (Wildman–Crippen LogP) is 6.61. The van der Waals surface area contributed by atoms with Gasteiger partial charge in [0.25, 0.3) is 0 Å². The molecule has 59 heavy (non-hydrogen) atoms. The Hall–Kier alpha value is -6.21. The van der Waals surface area contributed by atoms with E-state index in [0.717, 1.165) is 24.0 Å². The molecule has 0 saturated carbocycles. The topological polar surface area (TPSA) is 193 Å². The molecule has 6 rings (SSSR count). The normalized spacial score (nSPS) is 13.5. The maximum Gasteiger partial charge on any atom is 0.408 e. The van der Waals surface area contributed by atoms with E-state index in [2.05, 4.69) is 22.8 Å². The number of carboxylic acids is 1. The van der Waals surface area contributed by atoms with Gasteiger partial charge in [-0.1, -0.05) is 109 Å². The highest BCUT2D eigenvalue weighted by atomic mass is 16.6. The lowest BCUT2D eigenvalue weighted by Crippen LogP contribution is -2.51. The van der Waals surface area contributed by atoms with Crippen LogP contribution in [-0.4, -0.2) is 64.0 Å². The summed E-state index contributed by atoms with van der Waals surface area (Å²) >= 11 is 0. The molecule has 4 aromatic rings. The number of hydrogen-bond donors (Lipinski definition) is 4. The zero-order valence-corrected chi connectivity index (χ0v) is 34.5. The van der Waals surface area contributed by atoms with Crippen LogP contribution in [0.25, 0.3) is 0 Å². The minimum absolute atomic E-state index is 0.0484. The van der Waals surface area contributed by atoms with Crippen molar-refractivity contribution < 1.29 is 48.0 Å². The van der Waals surface area contributed by atoms with E-state index in [1.165, 1.54) is 36.1 Å². The Bertz CT molecular complexity index is 1990. The molecule has 0 aliphatic heterocycles. The molecular formula is C46H55N3O10. The molecule has 13 nitrogen and oxygen atoms in total. The number of rotatable bonds is 11. The highest BCUT2D eigenvalue weighted by Crippen LogP contribution is 2.26. The maximum atomic E-state index is 12.5. The molecule has 0 unspecified atom stereocenters. The van der Waals surface area contributed by atoms with Crippen LogP contribution >= 0.6 is 0 Å². The highest BCUT2D eigenvalue weighted by molar-refractivity contribution is 5.85. The molecule has 314 valence electrons. The summed E-state index contributed by atoms with van der Waals surface area (Å²) in [6, 6.07) is 34.8. The average Bonchev–Trinajstić information content (AvgIpc) is 3.80. The van der Waals surface area contributed by atoms with E-state index in [1.54, 1.807) is 27.7 Å². The number of benzene rings is 4. The lowest BCUT2D eigenvalue weighted by Gasteiger charge is -2.25. The minimum Gasteiger partial charge on any atom is -0.480 e. The molecule has 0 bridgehead atoms. The number of fused-ring (bicyclic) bond motifs is 2. The second-order valence-corrected chi connectivity index (χ2v) is 16.1. The van der Waals surface area contributed by atoms with E-state index < -0.39 is 40.7 Å². The summed E-state index contributed by atoms with van der Waals surface area (Å²) in [5.41, 5.74) is 8.96. The van der Waals surface area contributed by atoms with Gasteiger partial charge in [0.05, 0.1) is 0 Å². The zero-order chi connectivity index (χ0) is 43.2. The molecule has 0 fully saturated rings. The summed E-state index contributed by atoms with van der Waals surface area (Å²) in [4.78, 5) is 58.2. The van der Waals surface area contributed by atoms with Gasteiger partial charge in [0.2, 0.25) is 0 Å². The number of ether oxygens (including phenoxy) is 4. The van der Waals surface area contributed by atoms with E-state index >= 15 is 0 Å². The zero-order valence-electron chi connectivity index (χ0n) is 34.5. The smallest absolute Gasteiger partial charge is 0.408 e. The lowest BCUT2D eigenvalue weighted by molar-refractivity contribution is -0.155. The molecule has 0 aromatic heterocycles. The molecule has 0 atom stereocenters. The van der Waals surface area contributed by atoms with Crippen molar-refractivity contribution in [1.82, 2.24) is 10.6 Å².